The summed E-state index contributed by atoms with van der Waals surface area (Å²) < 4.78 is 27.8. The Bertz CT molecular complexity index is 552. The fraction of sp³-hybridized carbons (Fsp3) is 0.600. The van der Waals surface area contributed by atoms with Crippen LogP contribution in [0.1, 0.15) is 19.3 Å². The summed E-state index contributed by atoms with van der Waals surface area (Å²) in [6, 6.07) is 1.11. The first-order valence-corrected chi connectivity index (χ1v) is 7.58. The van der Waals surface area contributed by atoms with Crippen molar-refractivity contribution in [1.29, 1.82) is 0 Å². The van der Waals surface area contributed by atoms with E-state index in [4.69, 9.17) is 18.0 Å². The summed E-state index contributed by atoms with van der Waals surface area (Å²) in [4.78, 5) is 0.237. The van der Waals surface area contributed by atoms with Crippen molar-refractivity contribution in [1.82, 2.24) is 14.1 Å². The number of hydrogen-bond donors (Lipinski definition) is 1. The molecule has 0 spiro atoms. The molecule has 0 aliphatic carbocycles. The van der Waals surface area contributed by atoms with E-state index in [1.54, 1.807) is 7.05 Å². The second-order valence-corrected chi connectivity index (χ2v) is 6.63. The zero-order chi connectivity index (χ0) is 13.3. The number of rotatable bonds is 3. The predicted molar refractivity (Wildman–Crippen MR) is 71.5 cm³/mol. The molecule has 100 valence electrons. The Balaban J connectivity index is 2.39. The van der Waals surface area contributed by atoms with Crippen LogP contribution in [0.2, 0.25) is 0 Å². The molecule has 1 aromatic heterocycles. The van der Waals surface area contributed by atoms with Gasteiger partial charge in [-0.3, -0.25) is 4.68 Å². The van der Waals surface area contributed by atoms with Crippen molar-refractivity contribution >= 4 is 27.2 Å². The fourth-order valence-electron chi connectivity index (χ4n) is 2.21. The van der Waals surface area contributed by atoms with Crippen LogP contribution in [0.3, 0.4) is 0 Å². The quantitative estimate of drug-likeness (QED) is 0.806. The number of aromatic nitrogens is 2. The van der Waals surface area contributed by atoms with Crippen LogP contribution in [0.25, 0.3) is 0 Å². The lowest BCUT2D eigenvalue weighted by molar-refractivity contribution is 0.304. The standard InChI is InChI=1S/C10H16N4O2S2/c1-13-9(5-6-12-13)18(15,16)14-7-3-2-4-8(14)10(11)17/h5-6,8H,2-4,7H2,1H3,(H2,11,17). The Labute approximate surface area is 112 Å². The molecule has 6 nitrogen and oxygen atoms in total. The van der Waals surface area contributed by atoms with Gasteiger partial charge in [0.05, 0.1) is 17.2 Å². The molecule has 0 bridgehead atoms. The number of hydrogen-bond acceptors (Lipinski definition) is 4. The average Bonchev–Trinajstić information content (AvgIpc) is 2.76. The number of piperidine rings is 1. The van der Waals surface area contributed by atoms with Crippen molar-refractivity contribution in [3.63, 3.8) is 0 Å². The van der Waals surface area contributed by atoms with E-state index in [1.165, 1.54) is 21.3 Å². The Morgan fingerprint density at radius 2 is 2.28 bits per heavy atom. The average molecular weight is 288 g/mol. The maximum absolute atomic E-state index is 12.5. The van der Waals surface area contributed by atoms with Crippen LogP contribution >= 0.6 is 12.2 Å². The van der Waals surface area contributed by atoms with Gasteiger partial charge in [-0.15, -0.1) is 0 Å². The number of nitrogens with zero attached hydrogens (tertiary/aromatic N) is 3. The van der Waals surface area contributed by atoms with Gasteiger partial charge in [0.1, 0.15) is 0 Å². The van der Waals surface area contributed by atoms with Gasteiger partial charge in [0.15, 0.2) is 5.03 Å². The molecule has 0 saturated carbocycles. The third-order valence-electron chi connectivity index (χ3n) is 3.13. The summed E-state index contributed by atoms with van der Waals surface area (Å²) in [5.74, 6) is 0. The molecule has 0 amide bonds. The van der Waals surface area contributed by atoms with E-state index in [2.05, 4.69) is 5.10 Å². The van der Waals surface area contributed by atoms with Crippen LogP contribution in [-0.4, -0.2) is 40.1 Å². The number of thiocarbonyl (C=S) groups is 1. The molecule has 2 heterocycles. The topological polar surface area (TPSA) is 81.2 Å². The van der Waals surface area contributed by atoms with Crippen LogP contribution in [0.5, 0.6) is 0 Å². The molecular weight excluding hydrogens is 272 g/mol. The van der Waals surface area contributed by atoms with E-state index in [1.807, 2.05) is 0 Å². The Hall–Kier alpha value is -0.990. The molecular formula is C10H16N4O2S2. The fourth-order valence-corrected chi connectivity index (χ4v) is 4.30. The van der Waals surface area contributed by atoms with E-state index in [0.29, 0.717) is 13.0 Å². The summed E-state index contributed by atoms with van der Waals surface area (Å²) in [6.07, 6.45) is 3.93. The molecule has 2 rings (SSSR count). The molecule has 1 aromatic rings. The van der Waals surface area contributed by atoms with Gasteiger partial charge in [0.2, 0.25) is 0 Å². The highest BCUT2D eigenvalue weighted by Gasteiger charge is 2.36. The molecule has 1 aliphatic heterocycles. The van der Waals surface area contributed by atoms with Gasteiger partial charge in [-0.05, 0) is 18.9 Å². The van der Waals surface area contributed by atoms with Gasteiger partial charge in [-0.25, -0.2) is 8.42 Å². The highest BCUT2D eigenvalue weighted by Crippen LogP contribution is 2.25. The minimum atomic E-state index is -3.58. The first-order valence-electron chi connectivity index (χ1n) is 5.74. The molecule has 8 heteroatoms. The highest BCUT2D eigenvalue weighted by atomic mass is 32.2. The van der Waals surface area contributed by atoms with Gasteiger partial charge in [-0.1, -0.05) is 18.6 Å². The zero-order valence-electron chi connectivity index (χ0n) is 10.1. The molecule has 1 unspecified atom stereocenters. The molecule has 1 saturated heterocycles. The molecule has 1 fully saturated rings. The minimum Gasteiger partial charge on any atom is -0.392 e. The molecule has 18 heavy (non-hydrogen) atoms. The van der Waals surface area contributed by atoms with Crippen molar-refractivity contribution < 1.29 is 8.42 Å². The van der Waals surface area contributed by atoms with Gasteiger partial charge in [-0.2, -0.15) is 9.40 Å². The summed E-state index contributed by atoms with van der Waals surface area (Å²) in [7, 11) is -1.97. The van der Waals surface area contributed by atoms with Gasteiger partial charge >= 0.3 is 0 Å². The van der Waals surface area contributed by atoms with Gasteiger partial charge in [0.25, 0.3) is 10.0 Å². The van der Waals surface area contributed by atoms with Crippen molar-refractivity contribution in [3.05, 3.63) is 12.3 Å². The number of nitrogens with two attached hydrogens (primary N) is 1. The molecule has 2 N–H and O–H groups in total. The summed E-state index contributed by atoms with van der Waals surface area (Å²) in [6.45, 7) is 0.454. The monoisotopic (exact) mass is 288 g/mol. The SMILES string of the molecule is Cn1nccc1S(=O)(=O)N1CCCCC1C(N)=S. The summed E-state index contributed by atoms with van der Waals surface area (Å²) in [5, 5.41) is 4.07. The second kappa shape index (κ2) is 4.94. The normalized spacial score (nSPS) is 21.9. The highest BCUT2D eigenvalue weighted by molar-refractivity contribution is 7.89. The van der Waals surface area contributed by atoms with Crippen molar-refractivity contribution in [2.75, 3.05) is 6.54 Å². The van der Waals surface area contributed by atoms with Crippen LogP contribution in [-0.2, 0) is 17.1 Å². The van der Waals surface area contributed by atoms with Crippen molar-refractivity contribution in [2.24, 2.45) is 12.8 Å². The lowest BCUT2D eigenvalue weighted by atomic mass is 10.1. The molecule has 1 atom stereocenters. The van der Waals surface area contributed by atoms with E-state index in [9.17, 15) is 8.42 Å². The first kappa shape index (κ1) is 13.4. The molecule has 0 aromatic carbocycles. The van der Waals surface area contributed by atoms with E-state index in [0.717, 1.165) is 12.8 Å². The largest absolute Gasteiger partial charge is 0.392 e. The maximum Gasteiger partial charge on any atom is 0.260 e. The first-order chi connectivity index (χ1) is 8.44. The van der Waals surface area contributed by atoms with E-state index < -0.39 is 10.0 Å². The van der Waals surface area contributed by atoms with Crippen LogP contribution in [0.4, 0.5) is 0 Å². The van der Waals surface area contributed by atoms with E-state index >= 15 is 0 Å². The summed E-state index contributed by atoms with van der Waals surface area (Å²) in [5.41, 5.74) is 5.65. The third-order valence-corrected chi connectivity index (χ3v) is 5.39. The van der Waals surface area contributed by atoms with Gasteiger partial charge < -0.3 is 5.73 Å². The van der Waals surface area contributed by atoms with Crippen LogP contribution in [0.15, 0.2) is 17.3 Å². The predicted octanol–water partition coefficient (Wildman–Crippen LogP) is 0.249. The van der Waals surface area contributed by atoms with Gasteiger partial charge in [0, 0.05) is 13.6 Å². The van der Waals surface area contributed by atoms with Crippen molar-refractivity contribution in [2.45, 2.75) is 30.3 Å². The molecule has 0 radical (unpaired) electrons. The van der Waals surface area contributed by atoms with E-state index in [-0.39, 0.29) is 16.1 Å². The Morgan fingerprint density at radius 3 is 2.83 bits per heavy atom. The van der Waals surface area contributed by atoms with Crippen molar-refractivity contribution in [3.8, 4) is 0 Å². The third kappa shape index (κ3) is 2.27. The van der Waals surface area contributed by atoms with Crippen LogP contribution in [0, 0.1) is 0 Å². The number of aryl methyl sites for hydroxylation is 1. The summed E-state index contributed by atoms with van der Waals surface area (Å²) >= 11 is 4.97. The minimum absolute atomic E-state index is 0.172. The smallest absolute Gasteiger partial charge is 0.260 e. The lowest BCUT2D eigenvalue weighted by Gasteiger charge is -2.33. The second-order valence-electron chi connectivity index (χ2n) is 4.32. The zero-order valence-corrected chi connectivity index (χ0v) is 11.7. The Kier molecular flexibility index (Phi) is 3.69. The maximum atomic E-state index is 12.5. The molecule has 1 aliphatic rings. The van der Waals surface area contributed by atoms with Crippen LogP contribution < -0.4 is 5.73 Å². The lowest BCUT2D eigenvalue weighted by Crippen LogP contribution is -2.50. The Morgan fingerprint density at radius 1 is 1.56 bits per heavy atom. The number of sulfonamides is 1.